The fraction of sp³-hybridized carbons (Fsp3) is 0.250. The maximum atomic E-state index is 15.2. The van der Waals surface area contributed by atoms with Crippen LogP contribution in [0, 0.1) is 5.82 Å². The van der Waals surface area contributed by atoms with Gasteiger partial charge in [0, 0.05) is 22.0 Å². The summed E-state index contributed by atoms with van der Waals surface area (Å²) in [6.07, 6.45) is -2.09. The molecule has 3 aromatic carbocycles. The van der Waals surface area contributed by atoms with Gasteiger partial charge in [-0.2, -0.15) is 4.90 Å². The number of imide groups is 1. The minimum atomic E-state index is -4.37. The molecule has 0 unspecified atom stereocenters. The number of rotatable bonds is 7. The molecular weight excluding hydrogens is 722 g/mol. The van der Waals surface area contributed by atoms with Gasteiger partial charge < -0.3 is 18.7 Å². The van der Waals surface area contributed by atoms with Gasteiger partial charge in [-0.05, 0) is 83.5 Å². The van der Waals surface area contributed by atoms with Gasteiger partial charge in [-0.1, -0.05) is 34.4 Å². The van der Waals surface area contributed by atoms with Gasteiger partial charge in [0.15, 0.2) is 17.2 Å². The molecule has 0 aliphatic heterocycles. The van der Waals surface area contributed by atoms with E-state index in [9.17, 15) is 18.0 Å². The second-order valence-electron chi connectivity index (χ2n) is 12.4. The van der Waals surface area contributed by atoms with E-state index in [1.807, 2.05) is 0 Å². The molecule has 0 saturated carbocycles. The first-order valence-electron chi connectivity index (χ1n) is 14.3. The number of nitrogens with zero attached hydrogens (tertiary/aromatic N) is 3. The van der Waals surface area contributed by atoms with Crippen LogP contribution >= 0.6 is 34.5 Å². The lowest BCUT2D eigenvalue weighted by atomic mass is 10.0. The number of carbonyl (C=O) groups is 2. The van der Waals surface area contributed by atoms with Crippen LogP contribution < -0.4 is 14.4 Å². The number of nitrogens with one attached hydrogen (secondary N) is 1. The van der Waals surface area contributed by atoms with E-state index >= 15 is 4.39 Å². The van der Waals surface area contributed by atoms with E-state index in [-0.39, 0.29) is 39.1 Å². The summed E-state index contributed by atoms with van der Waals surface area (Å²) in [5.74, 6) is -1.34. The minimum Gasteiger partial charge on any atom is -0.455 e. The smallest absolute Gasteiger partial charge is 0.425 e. The van der Waals surface area contributed by atoms with Crippen molar-refractivity contribution in [2.75, 3.05) is 9.62 Å². The summed E-state index contributed by atoms with van der Waals surface area (Å²) >= 11 is 13.9. The monoisotopic (exact) mass is 750 g/mol. The average molecular weight is 752 g/mol. The van der Waals surface area contributed by atoms with Gasteiger partial charge in [0.05, 0.1) is 15.9 Å². The van der Waals surface area contributed by atoms with Crippen LogP contribution in [0.2, 0.25) is 10.0 Å². The number of ether oxygens (including phenoxy) is 3. The van der Waals surface area contributed by atoms with Gasteiger partial charge in [-0.25, -0.2) is 27.4 Å². The molecule has 2 amide bonds. The second kappa shape index (κ2) is 13.5. The quantitative estimate of drug-likeness (QED) is 0.170. The first-order valence-corrected chi connectivity index (χ1v) is 17.5. The van der Waals surface area contributed by atoms with Crippen molar-refractivity contribution in [3.05, 3.63) is 75.3 Å². The molecular formula is C32H29Cl2FN4O8S2. The summed E-state index contributed by atoms with van der Waals surface area (Å²) in [4.78, 5) is 30.4. The van der Waals surface area contributed by atoms with E-state index < -0.39 is 44.1 Å². The Balaban J connectivity index is 1.54. The van der Waals surface area contributed by atoms with Gasteiger partial charge in [0.25, 0.3) is 10.0 Å². The highest BCUT2D eigenvalue weighted by molar-refractivity contribution is 7.92. The number of anilines is 2. The Morgan fingerprint density at radius 2 is 1.61 bits per heavy atom. The number of hydrogen-bond donors (Lipinski definition) is 1. The van der Waals surface area contributed by atoms with Crippen LogP contribution in [0.4, 0.5) is 25.6 Å². The molecule has 5 rings (SSSR count). The van der Waals surface area contributed by atoms with Gasteiger partial charge in [-0.15, -0.1) is 11.3 Å². The van der Waals surface area contributed by atoms with E-state index in [2.05, 4.69) is 14.9 Å². The van der Waals surface area contributed by atoms with Crippen LogP contribution in [-0.2, 0) is 19.5 Å². The molecule has 12 nitrogen and oxygen atoms in total. The predicted octanol–water partition coefficient (Wildman–Crippen LogP) is 9.67. The lowest BCUT2D eigenvalue weighted by Gasteiger charge is -2.27. The van der Waals surface area contributed by atoms with Crippen LogP contribution in [-0.4, -0.2) is 41.9 Å². The highest BCUT2D eigenvalue weighted by atomic mass is 35.5. The summed E-state index contributed by atoms with van der Waals surface area (Å²) in [7, 11) is -4.37. The summed E-state index contributed by atoms with van der Waals surface area (Å²) in [5, 5.41) is 5.77. The molecule has 258 valence electrons. The Hall–Kier alpha value is -4.44. The van der Waals surface area contributed by atoms with Crippen LogP contribution in [0.25, 0.3) is 22.1 Å². The number of aromatic nitrogens is 2. The number of fused-ring (bicyclic) bond motifs is 1. The van der Waals surface area contributed by atoms with Crippen molar-refractivity contribution in [3.63, 3.8) is 0 Å². The third kappa shape index (κ3) is 8.41. The Morgan fingerprint density at radius 3 is 2.22 bits per heavy atom. The summed E-state index contributed by atoms with van der Waals surface area (Å²) in [6, 6.07) is 11.1. The van der Waals surface area contributed by atoms with Gasteiger partial charge in [-0.3, -0.25) is 4.72 Å². The SMILES string of the molecule is CC(C)(C)OC(=O)N(C(=O)OC(C)(C)C)c1noc2ccc(-c3cc(Cl)ccc3Oc3cc(F)c(S(=O)(=O)Nc4cscn4)cc3Cl)cc12. The molecule has 0 aliphatic carbocycles. The number of halogens is 3. The number of benzene rings is 3. The first kappa shape index (κ1) is 35.9. The third-order valence-electron chi connectivity index (χ3n) is 6.23. The lowest BCUT2D eigenvalue weighted by Crippen LogP contribution is -2.44. The topological polar surface area (TPSA) is 150 Å². The molecule has 0 bridgehead atoms. The standard InChI is InChI=1S/C32H29Cl2FN4O8S2/c1-31(2,3)45-29(40)39(30(41)46-32(4,5)6)28-20-11-17(7-9-24(20)47-37-28)19-12-18(33)8-10-23(19)44-25-14-22(35)26(13-21(25)34)49(42,43)38-27-15-48-16-36-27/h7-16,38H,1-6H3. The third-order valence-corrected chi connectivity index (χ3v) is 8.72. The van der Waals surface area contributed by atoms with E-state index in [0.29, 0.717) is 21.0 Å². The Kier molecular flexibility index (Phi) is 9.85. The Morgan fingerprint density at radius 1 is 0.939 bits per heavy atom. The Labute approximate surface area is 294 Å². The van der Waals surface area contributed by atoms with E-state index in [0.717, 1.165) is 23.5 Å². The van der Waals surface area contributed by atoms with Gasteiger partial charge in [0.1, 0.15) is 33.4 Å². The molecule has 2 heterocycles. The fourth-order valence-electron chi connectivity index (χ4n) is 4.30. The summed E-state index contributed by atoms with van der Waals surface area (Å²) in [5.41, 5.74) is 0.536. The van der Waals surface area contributed by atoms with E-state index in [1.165, 1.54) is 23.0 Å². The molecule has 0 spiro atoms. The number of hydrogen-bond acceptors (Lipinski definition) is 11. The average Bonchev–Trinajstić information content (AvgIpc) is 3.63. The van der Waals surface area contributed by atoms with Crippen LogP contribution in [0.3, 0.4) is 0 Å². The van der Waals surface area contributed by atoms with Crippen LogP contribution in [0.1, 0.15) is 41.5 Å². The number of amides is 2. The van der Waals surface area contributed by atoms with Crippen molar-refractivity contribution in [1.29, 1.82) is 0 Å². The molecule has 0 atom stereocenters. The summed E-state index contributed by atoms with van der Waals surface area (Å²) in [6.45, 7) is 9.84. The Bertz CT molecular complexity index is 2130. The fourth-order valence-corrected chi connectivity index (χ4v) is 6.39. The zero-order valence-corrected chi connectivity index (χ0v) is 30.0. The lowest BCUT2D eigenvalue weighted by molar-refractivity contribution is 0.0428. The zero-order valence-electron chi connectivity index (χ0n) is 26.8. The van der Waals surface area contributed by atoms with Crippen molar-refractivity contribution in [1.82, 2.24) is 10.1 Å². The van der Waals surface area contributed by atoms with Crippen molar-refractivity contribution in [2.45, 2.75) is 57.6 Å². The highest BCUT2D eigenvalue weighted by Gasteiger charge is 2.36. The minimum absolute atomic E-state index is 0.0277. The first-order chi connectivity index (χ1) is 22.8. The van der Waals surface area contributed by atoms with Crippen molar-refractivity contribution in [2.24, 2.45) is 0 Å². The van der Waals surface area contributed by atoms with Crippen molar-refractivity contribution in [3.8, 4) is 22.6 Å². The number of sulfonamides is 1. The van der Waals surface area contributed by atoms with Crippen LogP contribution in [0.15, 0.2) is 68.8 Å². The predicted molar refractivity (Wildman–Crippen MR) is 184 cm³/mol. The van der Waals surface area contributed by atoms with E-state index in [4.69, 9.17) is 41.9 Å². The molecule has 49 heavy (non-hydrogen) atoms. The number of carbonyl (C=O) groups excluding carboxylic acids is 2. The van der Waals surface area contributed by atoms with Crippen molar-refractivity contribution >= 4 is 79.4 Å². The molecule has 0 aliphatic rings. The normalized spacial score (nSPS) is 12.1. The van der Waals surface area contributed by atoms with Crippen LogP contribution in [0.5, 0.6) is 11.5 Å². The largest absolute Gasteiger partial charge is 0.455 e. The molecule has 0 radical (unpaired) electrons. The molecule has 2 aromatic heterocycles. The van der Waals surface area contributed by atoms with Gasteiger partial charge in [0.2, 0.25) is 0 Å². The molecule has 1 N–H and O–H groups in total. The molecule has 17 heteroatoms. The van der Waals surface area contributed by atoms with Crippen molar-refractivity contribution < 1.29 is 41.1 Å². The summed E-state index contributed by atoms with van der Waals surface area (Å²) < 4.78 is 65.5. The molecule has 0 saturated heterocycles. The molecule has 5 aromatic rings. The van der Waals surface area contributed by atoms with E-state index in [1.54, 1.807) is 65.8 Å². The number of thiazole rings is 1. The maximum Gasteiger partial charge on any atom is 0.425 e. The second-order valence-corrected chi connectivity index (χ2v) is 15.7. The zero-order chi connectivity index (χ0) is 35.9. The van der Waals surface area contributed by atoms with Gasteiger partial charge >= 0.3 is 12.2 Å². The highest BCUT2D eigenvalue weighted by Crippen LogP contribution is 2.41. The molecule has 0 fully saturated rings. The maximum absolute atomic E-state index is 15.2.